The minimum absolute atomic E-state index is 0.0580. The Balaban J connectivity index is 1.53. The Morgan fingerprint density at radius 3 is 2.30 bits per heavy atom. The summed E-state index contributed by atoms with van der Waals surface area (Å²) in [7, 11) is 0. The molecule has 0 N–H and O–H groups in total. The van der Waals surface area contributed by atoms with Gasteiger partial charge in [-0.2, -0.15) is 0 Å². The summed E-state index contributed by atoms with van der Waals surface area (Å²) < 4.78 is 25.3. The highest BCUT2D eigenvalue weighted by Gasteiger charge is 2.37. The number of rotatable bonds is 6. The lowest BCUT2D eigenvalue weighted by Gasteiger charge is -2.43. The van der Waals surface area contributed by atoms with Crippen LogP contribution in [0.2, 0.25) is 0 Å². The number of carbonyl (C=O) groups is 2. The van der Waals surface area contributed by atoms with Crippen LogP contribution in [0.15, 0.2) is 42.5 Å². The molecule has 2 aromatic rings. The van der Waals surface area contributed by atoms with Crippen LogP contribution in [-0.2, 0) is 15.1 Å². The SMILES string of the molecule is CC(C)(OC(=O)c1cc(F)ccc1C(=O)OC1CN2CCC1CC2)c1ccc([N+](=O)[O-])cc1. The number of piperidine rings is 3. The molecule has 1 unspecified atom stereocenters. The zero-order valence-corrected chi connectivity index (χ0v) is 18.5. The number of carbonyl (C=O) groups excluding carboxylic acids is 2. The fourth-order valence-corrected chi connectivity index (χ4v) is 4.44. The van der Waals surface area contributed by atoms with Crippen molar-refractivity contribution in [2.24, 2.45) is 5.92 Å². The van der Waals surface area contributed by atoms with Crippen LogP contribution in [0, 0.1) is 21.8 Å². The summed E-state index contributed by atoms with van der Waals surface area (Å²) in [5, 5.41) is 10.9. The third-order valence-electron chi connectivity index (χ3n) is 6.40. The highest BCUT2D eigenvalue weighted by molar-refractivity contribution is 6.03. The monoisotopic (exact) mass is 456 g/mol. The third-order valence-corrected chi connectivity index (χ3v) is 6.40. The Hall–Kier alpha value is -3.33. The van der Waals surface area contributed by atoms with Crippen LogP contribution in [0.5, 0.6) is 0 Å². The molecule has 0 spiro atoms. The van der Waals surface area contributed by atoms with Crippen molar-refractivity contribution in [2.75, 3.05) is 19.6 Å². The maximum absolute atomic E-state index is 14.0. The molecule has 174 valence electrons. The van der Waals surface area contributed by atoms with E-state index in [9.17, 15) is 24.1 Å². The Labute approximate surface area is 190 Å². The first-order valence-electron chi connectivity index (χ1n) is 10.9. The van der Waals surface area contributed by atoms with Crippen LogP contribution in [0.25, 0.3) is 0 Å². The first-order valence-corrected chi connectivity index (χ1v) is 10.9. The van der Waals surface area contributed by atoms with E-state index in [1.54, 1.807) is 13.8 Å². The highest BCUT2D eigenvalue weighted by atomic mass is 19.1. The van der Waals surface area contributed by atoms with Gasteiger partial charge in [-0.1, -0.05) is 0 Å². The van der Waals surface area contributed by atoms with Gasteiger partial charge in [0.15, 0.2) is 0 Å². The summed E-state index contributed by atoms with van der Waals surface area (Å²) >= 11 is 0. The molecule has 0 amide bonds. The van der Waals surface area contributed by atoms with Crippen LogP contribution in [0.4, 0.5) is 10.1 Å². The average Bonchev–Trinajstić information content (AvgIpc) is 2.79. The molecule has 3 aliphatic heterocycles. The number of halogens is 1. The molecule has 1 atom stereocenters. The van der Waals surface area contributed by atoms with E-state index in [2.05, 4.69) is 4.90 Å². The van der Waals surface area contributed by atoms with E-state index >= 15 is 0 Å². The maximum atomic E-state index is 14.0. The summed E-state index contributed by atoms with van der Waals surface area (Å²) in [6, 6.07) is 8.88. The van der Waals surface area contributed by atoms with Crippen molar-refractivity contribution in [3.8, 4) is 0 Å². The molecule has 2 bridgehead atoms. The number of esters is 2. The van der Waals surface area contributed by atoms with Crippen LogP contribution in [0.3, 0.4) is 0 Å². The van der Waals surface area contributed by atoms with Gasteiger partial charge in [-0.3, -0.25) is 15.0 Å². The van der Waals surface area contributed by atoms with Crippen LogP contribution < -0.4 is 0 Å². The van der Waals surface area contributed by atoms with E-state index in [1.807, 2.05) is 0 Å². The Bertz CT molecular complexity index is 1080. The molecular weight excluding hydrogens is 431 g/mol. The lowest BCUT2D eigenvalue weighted by atomic mass is 9.86. The number of fused-ring (bicyclic) bond motifs is 3. The molecule has 3 saturated heterocycles. The fourth-order valence-electron chi connectivity index (χ4n) is 4.44. The summed E-state index contributed by atoms with van der Waals surface area (Å²) in [4.78, 5) is 38.5. The van der Waals surface area contributed by atoms with Crippen LogP contribution in [-0.4, -0.2) is 47.5 Å². The first kappa shape index (κ1) is 22.8. The van der Waals surface area contributed by atoms with E-state index in [4.69, 9.17) is 9.47 Å². The molecule has 2 aromatic carbocycles. The van der Waals surface area contributed by atoms with Crippen molar-refractivity contribution in [3.05, 3.63) is 75.1 Å². The van der Waals surface area contributed by atoms with E-state index < -0.39 is 28.3 Å². The van der Waals surface area contributed by atoms with Gasteiger partial charge in [0.1, 0.15) is 17.5 Å². The molecule has 0 aliphatic carbocycles. The van der Waals surface area contributed by atoms with E-state index in [0.29, 0.717) is 12.1 Å². The quantitative estimate of drug-likeness (QED) is 0.367. The number of non-ortho nitro benzene ring substituents is 1. The fraction of sp³-hybridized carbons (Fsp3) is 0.417. The molecule has 3 aliphatic rings. The topological polar surface area (TPSA) is 99.0 Å². The second-order valence-electron chi connectivity index (χ2n) is 8.98. The Kier molecular flexibility index (Phi) is 6.16. The minimum atomic E-state index is -1.19. The normalized spacial score (nSPS) is 22.0. The van der Waals surface area contributed by atoms with Gasteiger partial charge in [0.05, 0.1) is 16.1 Å². The van der Waals surface area contributed by atoms with E-state index in [1.165, 1.54) is 30.3 Å². The van der Waals surface area contributed by atoms with Gasteiger partial charge in [0.2, 0.25) is 0 Å². The molecule has 5 rings (SSSR count). The molecular formula is C24H25FN2O6. The lowest BCUT2D eigenvalue weighted by molar-refractivity contribution is -0.384. The van der Waals surface area contributed by atoms with Gasteiger partial charge >= 0.3 is 11.9 Å². The molecule has 3 fully saturated rings. The third kappa shape index (κ3) is 4.88. The predicted octanol–water partition coefficient (Wildman–Crippen LogP) is 4.08. The summed E-state index contributed by atoms with van der Waals surface area (Å²) in [5.74, 6) is -1.97. The largest absolute Gasteiger partial charge is 0.457 e. The van der Waals surface area contributed by atoms with E-state index in [0.717, 1.165) is 38.1 Å². The molecule has 8 nitrogen and oxygen atoms in total. The number of nitro groups is 1. The lowest BCUT2D eigenvalue weighted by Crippen LogP contribution is -2.52. The standard InChI is InChI=1S/C24H25FN2O6/c1-24(2,16-3-6-18(7-4-16)27(30)31)33-23(29)20-13-17(25)5-8-19(20)22(28)32-21-14-26-11-9-15(21)10-12-26/h3-8,13,15,21H,9-12,14H2,1-2H3. The zero-order valence-electron chi connectivity index (χ0n) is 18.5. The second kappa shape index (κ2) is 8.90. The molecule has 3 heterocycles. The van der Waals surface area contributed by atoms with Gasteiger partial charge in [-0.15, -0.1) is 0 Å². The second-order valence-corrected chi connectivity index (χ2v) is 8.98. The van der Waals surface area contributed by atoms with Gasteiger partial charge in [-0.05, 0) is 81.6 Å². The van der Waals surface area contributed by atoms with Crippen molar-refractivity contribution in [1.82, 2.24) is 4.90 Å². The average molecular weight is 456 g/mol. The van der Waals surface area contributed by atoms with E-state index in [-0.39, 0.29) is 28.8 Å². The minimum Gasteiger partial charge on any atom is -0.457 e. The number of hydrogen-bond acceptors (Lipinski definition) is 7. The van der Waals surface area contributed by atoms with Gasteiger partial charge in [0.25, 0.3) is 5.69 Å². The van der Waals surface area contributed by atoms with Crippen LogP contribution >= 0.6 is 0 Å². The molecule has 9 heteroatoms. The first-order chi connectivity index (χ1) is 15.6. The molecule has 0 saturated carbocycles. The van der Waals surface area contributed by atoms with Gasteiger partial charge in [-0.25, -0.2) is 14.0 Å². The van der Waals surface area contributed by atoms with Crippen molar-refractivity contribution in [2.45, 2.75) is 38.4 Å². The highest BCUT2D eigenvalue weighted by Crippen LogP contribution is 2.31. The molecule has 0 aromatic heterocycles. The van der Waals surface area contributed by atoms with Crippen LogP contribution in [0.1, 0.15) is 53.0 Å². The van der Waals surface area contributed by atoms with Gasteiger partial charge < -0.3 is 9.47 Å². The maximum Gasteiger partial charge on any atom is 0.339 e. The Morgan fingerprint density at radius 2 is 1.73 bits per heavy atom. The van der Waals surface area contributed by atoms with Crippen molar-refractivity contribution in [1.29, 1.82) is 0 Å². The Morgan fingerprint density at radius 1 is 1.06 bits per heavy atom. The van der Waals surface area contributed by atoms with Crippen molar-refractivity contribution in [3.63, 3.8) is 0 Å². The number of benzene rings is 2. The number of hydrogen-bond donors (Lipinski definition) is 0. The van der Waals surface area contributed by atoms with Crippen molar-refractivity contribution < 1.29 is 28.4 Å². The summed E-state index contributed by atoms with van der Waals surface area (Å²) in [6.45, 7) is 5.85. The molecule has 33 heavy (non-hydrogen) atoms. The van der Waals surface area contributed by atoms with Gasteiger partial charge in [0, 0.05) is 18.7 Å². The van der Waals surface area contributed by atoms with Crippen molar-refractivity contribution >= 4 is 17.6 Å². The number of ether oxygens (including phenoxy) is 2. The number of nitro benzene ring substituents is 1. The predicted molar refractivity (Wildman–Crippen MR) is 116 cm³/mol. The summed E-state index contributed by atoms with van der Waals surface area (Å²) in [6.07, 6.45) is 1.66. The number of nitrogens with zero attached hydrogens (tertiary/aromatic N) is 2. The zero-order chi connectivity index (χ0) is 23.8. The smallest absolute Gasteiger partial charge is 0.339 e. The molecule has 0 radical (unpaired) electrons. The summed E-state index contributed by atoms with van der Waals surface area (Å²) in [5.41, 5.74) is -1.05.